The van der Waals surface area contributed by atoms with Crippen molar-refractivity contribution in [3.05, 3.63) is 0 Å². The highest BCUT2D eigenvalue weighted by molar-refractivity contribution is 6.20. The van der Waals surface area contributed by atoms with Crippen molar-refractivity contribution in [3.8, 4) is 0 Å². The van der Waals surface area contributed by atoms with Crippen LogP contribution in [0.25, 0.3) is 0 Å². The van der Waals surface area contributed by atoms with Gasteiger partial charge in [-0.1, -0.05) is 0 Å². The fraction of sp³-hybridized carbons (Fsp3) is 1.00. The van der Waals surface area contributed by atoms with Gasteiger partial charge in [0.05, 0.1) is 19.1 Å². The van der Waals surface area contributed by atoms with E-state index in [2.05, 4.69) is 16.4 Å². The van der Waals surface area contributed by atoms with Crippen LogP contribution in [0.15, 0.2) is 0 Å². The topological polar surface area (TPSA) is 56.3 Å². The van der Waals surface area contributed by atoms with E-state index < -0.39 is 0 Å². The van der Waals surface area contributed by atoms with E-state index in [1.165, 1.54) is 32.2 Å². The molecule has 1 heterocycles. The molecule has 88 valence electrons. The number of hydrogen-bond acceptors (Lipinski definition) is 1. The van der Waals surface area contributed by atoms with Crippen molar-refractivity contribution in [1.82, 2.24) is 5.32 Å². The van der Waals surface area contributed by atoms with Crippen LogP contribution < -0.4 is 16.4 Å². The van der Waals surface area contributed by atoms with Gasteiger partial charge in [-0.3, -0.25) is 0 Å². The predicted octanol–water partition coefficient (Wildman–Crippen LogP) is -1.07. The van der Waals surface area contributed by atoms with Crippen LogP contribution in [0, 0.1) is 5.92 Å². The van der Waals surface area contributed by atoms with E-state index >= 15 is 0 Å². The van der Waals surface area contributed by atoms with E-state index in [1.54, 1.807) is 0 Å². The Hall–Kier alpha value is 0.170. The van der Waals surface area contributed by atoms with Gasteiger partial charge in [-0.2, -0.15) is 0 Å². The van der Waals surface area contributed by atoms with Crippen molar-refractivity contribution in [1.29, 1.82) is 0 Å². The molecule has 2 fully saturated rings. The zero-order valence-corrected chi connectivity index (χ0v) is 10.2. The SMILES string of the molecule is [NH3+]CCNC1CC[NH2+]C2CC(Cl)CCC12. The molecule has 6 N–H and O–H groups in total. The van der Waals surface area contributed by atoms with Gasteiger partial charge in [-0.05, 0) is 12.8 Å². The number of rotatable bonds is 3. The van der Waals surface area contributed by atoms with Crippen LogP contribution in [-0.4, -0.2) is 37.1 Å². The monoisotopic (exact) mass is 233 g/mol. The molecule has 2 aliphatic rings. The number of alkyl halides is 1. The number of halogens is 1. The minimum absolute atomic E-state index is 0.425. The van der Waals surface area contributed by atoms with Crippen LogP contribution in [-0.2, 0) is 0 Å². The quantitative estimate of drug-likeness (QED) is 0.535. The summed E-state index contributed by atoms with van der Waals surface area (Å²) in [5, 5.41) is 6.60. The van der Waals surface area contributed by atoms with Crippen LogP contribution in [0.5, 0.6) is 0 Å². The van der Waals surface area contributed by atoms with E-state index in [0.29, 0.717) is 5.38 Å². The summed E-state index contributed by atoms with van der Waals surface area (Å²) in [6, 6.07) is 1.50. The summed E-state index contributed by atoms with van der Waals surface area (Å²) in [5.74, 6) is 0.847. The molecular weight excluding hydrogens is 210 g/mol. The Morgan fingerprint density at radius 2 is 2.20 bits per heavy atom. The maximum atomic E-state index is 6.24. The molecule has 4 heteroatoms. The van der Waals surface area contributed by atoms with Crippen LogP contribution in [0.1, 0.15) is 25.7 Å². The summed E-state index contributed by atoms with van der Waals surface area (Å²) in [6.07, 6.45) is 5.03. The van der Waals surface area contributed by atoms with Gasteiger partial charge in [0.2, 0.25) is 0 Å². The molecule has 1 aliphatic heterocycles. The molecule has 0 spiro atoms. The lowest BCUT2D eigenvalue weighted by molar-refractivity contribution is -0.707. The van der Waals surface area contributed by atoms with Crippen molar-refractivity contribution < 1.29 is 11.1 Å². The van der Waals surface area contributed by atoms with Gasteiger partial charge in [0.25, 0.3) is 0 Å². The summed E-state index contributed by atoms with van der Waals surface area (Å²) < 4.78 is 0. The molecule has 4 unspecified atom stereocenters. The average molecular weight is 234 g/mol. The van der Waals surface area contributed by atoms with Crippen LogP contribution in [0.2, 0.25) is 0 Å². The van der Waals surface area contributed by atoms with Crippen LogP contribution >= 0.6 is 11.6 Å². The molecule has 0 radical (unpaired) electrons. The standard InChI is InChI=1S/C11H22ClN3/c12-8-1-2-9-10(15-6-4-13)3-5-14-11(9)7-8/h8-11,14-15H,1-7,13H2/p+2. The van der Waals surface area contributed by atoms with Gasteiger partial charge in [0.15, 0.2) is 0 Å². The Kier molecular flexibility index (Phi) is 4.26. The Morgan fingerprint density at radius 1 is 1.33 bits per heavy atom. The fourth-order valence-electron chi connectivity index (χ4n) is 3.19. The first-order chi connectivity index (χ1) is 7.31. The van der Waals surface area contributed by atoms with E-state index in [1.807, 2.05) is 0 Å². The minimum Gasteiger partial charge on any atom is -0.357 e. The van der Waals surface area contributed by atoms with Crippen LogP contribution in [0.4, 0.5) is 0 Å². The summed E-state index contributed by atoms with van der Waals surface area (Å²) >= 11 is 6.24. The Labute approximate surface area is 97.1 Å². The Morgan fingerprint density at radius 3 is 3.00 bits per heavy atom. The maximum Gasteiger partial charge on any atom is 0.0916 e. The third kappa shape index (κ3) is 2.84. The molecular formula is C11H24ClN3+2. The van der Waals surface area contributed by atoms with E-state index in [0.717, 1.165) is 31.1 Å². The molecule has 0 amide bonds. The Bertz CT molecular complexity index is 200. The van der Waals surface area contributed by atoms with Crippen LogP contribution in [0.3, 0.4) is 0 Å². The molecule has 1 saturated carbocycles. The lowest BCUT2D eigenvalue weighted by Gasteiger charge is -2.40. The maximum absolute atomic E-state index is 6.24. The number of nitrogens with one attached hydrogen (secondary N) is 1. The number of quaternary nitrogens is 2. The van der Waals surface area contributed by atoms with Gasteiger partial charge in [-0.25, -0.2) is 0 Å². The smallest absolute Gasteiger partial charge is 0.0916 e. The summed E-state index contributed by atoms with van der Waals surface area (Å²) in [7, 11) is 0. The van der Waals surface area contributed by atoms with Gasteiger partial charge in [-0.15, -0.1) is 11.6 Å². The van der Waals surface area contributed by atoms with Crippen molar-refractivity contribution >= 4 is 11.6 Å². The second-order valence-corrected chi connectivity index (χ2v) is 5.58. The first-order valence-electron chi connectivity index (χ1n) is 6.31. The zero-order chi connectivity index (χ0) is 10.7. The summed E-state index contributed by atoms with van der Waals surface area (Å²) in [6.45, 7) is 3.33. The highest BCUT2D eigenvalue weighted by Gasteiger charge is 2.39. The van der Waals surface area contributed by atoms with Gasteiger partial charge in [0, 0.05) is 36.7 Å². The summed E-state index contributed by atoms with van der Waals surface area (Å²) in [5.41, 5.74) is 3.89. The van der Waals surface area contributed by atoms with E-state index in [4.69, 9.17) is 11.6 Å². The molecule has 1 aliphatic carbocycles. The number of nitrogens with two attached hydrogens (primary N) is 1. The van der Waals surface area contributed by atoms with Crippen molar-refractivity contribution in [3.63, 3.8) is 0 Å². The average Bonchev–Trinajstić information content (AvgIpc) is 2.25. The fourth-order valence-corrected chi connectivity index (χ4v) is 3.52. The molecule has 0 aromatic rings. The zero-order valence-electron chi connectivity index (χ0n) is 9.42. The number of piperidine rings is 1. The minimum atomic E-state index is 0.425. The molecule has 15 heavy (non-hydrogen) atoms. The van der Waals surface area contributed by atoms with Gasteiger partial charge >= 0.3 is 0 Å². The van der Waals surface area contributed by atoms with E-state index in [9.17, 15) is 0 Å². The van der Waals surface area contributed by atoms with Gasteiger partial charge in [0.1, 0.15) is 0 Å². The van der Waals surface area contributed by atoms with Crippen molar-refractivity contribution in [2.45, 2.75) is 43.1 Å². The highest BCUT2D eigenvalue weighted by atomic mass is 35.5. The molecule has 0 bridgehead atoms. The van der Waals surface area contributed by atoms with Gasteiger partial charge < -0.3 is 16.4 Å². The lowest BCUT2D eigenvalue weighted by Crippen LogP contribution is -2.95. The van der Waals surface area contributed by atoms with Crippen molar-refractivity contribution in [2.75, 3.05) is 19.6 Å². The largest absolute Gasteiger partial charge is 0.357 e. The number of fused-ring (bicyclic) bond motifs is 1. The second-order valence-electron chi connectivity index (χ2n) is 4.97. The lowest BCUT2D eigenvalue weighted by atomic mass is 9.76. The normalized spacial score (nSPS) is 41.2. The molecule has 3 nitrogen and oxygen atoms in total. The first kappa shape index (κ1) is 11.6. The molecule has 2 rings (SSSR count). The molecule has 4 atom stereocenters. The second kappa shape index (κ2) is 5.48. The predicted molar refractivity (Wildman–Crippen MR) is 61.7 cm³/mol. The molecule has 0 aromatic heterocycles. The van der Waals surface area contributed by atoms with Crippen molar-refractivity contribution in [2.24, 2.45) is 5.92 Å². The number of hydrogen-bond donors (Lipinski definition) is 3. The molecule has 1 saturated heterocycles. The summed E-state index contributed by atoms with van der Waals surface area (Å²) in [4.78, 5) is 0. The Balaban J connectivity index is 1.89. The third-order valence-electron chi connectivity index (χ3n) is 3.94. The van der Waals surface area contributed by atoms with E-state index in [-0.39, 0.29) is 0 Å². The third-order valence-corrected chi connectivity index (χ3v) is 4.33. The molecule has 0 aromatic carbocycles. The highest BCUT2D eigenvalue weighted by Crippen LogP contribution is 2.30. The first-order valence-corrected chi connectivity index (χ1v) is 6.75.